The van der Waals surface area contributed by atoms with Crippen molar-refractivity contribution in [3.05, 3.63) is 36.4 Å². The predicted molar refractivity (Wildman–Crippen MR) is 129 cm³/mol. The normalized spacial score (nSPS) is 18.4. The van der Waals surface area contributed by atoms with E-state index in [-0.39, 0.29) is 9.79 Å². The average molecular weight is 515 g/mol. The van der Waals surface area contributed by atoms with Crippen molar-refractivity contribution in [2.45, 2.75) is 45.3 Å². The molecule has 8 nitrogen and oxygen atoms in total. The summed E-state index contributed by atoms with van der Waals surface area (Å²) in [6, 6.07) is 9.36. The molecule has 0 unspecified atom stereocenters. The van der Waals surface area contributed by atoms with Crippen LogP contribution in [0.15, 0.2) is 56.0 Å². The lowest BCUT2D eigenvalue weighted by molar-refractivity contribution is 0.476. The molecule has 2 aliphatic rings. The minimum absolute atomic E-state index is 0.204. The molecule has 2 saturated heterocycles. The highest BCUT2D eigenvalue weighted by Crippen LogP contribution is 2.44. The molecule has 2 fully saturated rings. The third-order valence-corrected chi connectivity index (χ3v) is 11.9. The van der Waals surface area contributed by atoms with E-state index in [0.717, 1.165) is 25.7 Å². The lowest BCUT2D eigenvalue weighted by Gasteiger charge is -2.17. The molecule has 0 aliphatic carbocycles. The first-order chi connectivity index (χ1) is 15.2. The molecule has 2 aromatic carbocycles. The Morgan fingerprint density at radius 3 is 1.31 bits per heavy atom. The molecule has 0 amide bonds. The molecule has 0 bridgehead atoms. The standard InChI is InChI=1S/C20H26N4O4S4/c21-17-7-5-15(31(25,26)23-9-1-2-10-23)13-19(17)29-30-20-14-16(6-8-18(20)22)32(27,28)24-11-3-4-12-24/h5-8,13-14H,1-4,9-12,21-22H2. The third-order valence-electron chi connectivity index (χ3n) is 5.60. The van der Waals surface area contributed by atoms with Gasteiger partial charge in [-0.2, -0.15) is 8.61 Å². The number of anilines is 2. The van der Waals surface area contributed by atoms with E-state index in [1.807, 2.05) is 0 Å². The Hall–Kier alpha value is -1.44. The van der Waals surface area contributed by atoms with Gasteiger partial charge in [0, 0.05) is 47.3 Å². The second kappa shape index (κ2) is 9.43. The van der Waals surface area contributed by atoms with E-state index >= 15 is 0 Å². The Labute approximate surface area is 197 Å². The summed E-state index contributed by atoms with van der Waals surface area (Å²) in [5.41, 5.74) is 13.1. The minimum Gasteiger partial charge on any atom is -0.398 e. The number of nitrogen functional groups attached to an aromatic ring is 2. The van der Waals surface area contributed by atoms with Crippen molar-refractivity contribution in [2.24, 2.45) is 0 Å². The molecular weight excluding hydrogens is 489 g/mol. The Morgan fingerprint density at radius 2 is 0.969 bits per heavy atom. The number of hydrogen-bond donors (Lipinski definition) is 2. The van der Waals surface area contributed by atoms with E-state index in [9.17, 15) is 16.8 Å². The summed E-state index contributed by atoms with van der Waals surface area (Å²) in [6.45, 7) is 2.11. The SMILES string of the molecule is Nc1ccc(S(=O)(=O)N2CCCC2)cc1SSc1cc(S(=O)(=O)N2CCCC2)ccc1N. The van der Waals surface area contributed by atoms with E-state index in [2.05, 4.69) is 0 Å². The highest BCUT2D eigenvalue weighted by atomic mass is 33.1. The highest BCUT2D eigenvalue weighted by Gasteiger charge is 2.29. The lowest BCUT2D eigenvalue weighted by Crippen LogP contribution is -2.27. The molecule has 12 heteroatoms. The van der Waals surface area contributed by atoms with Gasteiger partial charge in [-0.25, -0.2) is 16.8 Å². The molecule has 174 valence electrons. The molecule has 4 N–H and O–H groups in total. The molecule has 2 heterocycles. The zero-order valence-electron chi connectivity index (χ0n) is 17.4. The van der Waals surface area contributed by atoms with Crippen molar-refractivity contribution >= 4 is 53.0 Å². The van der Waals surface area contributed by atoms with Crippen LogP contribution in [0.2, 0.25) is 0 Å². The molecule has 0 aromatic heterocycles. The van der Waals surface area contributed by atoms with E-state index in [0.29, 0.717) is 47.3 Å². The van der Waals surface area contributed by atoms with E-state index in [1.165, 1.54) is 42.3 Å². The van der Waals surface area contributed by atoms with Gasteiger partial charge in [-0.15, -0.1) is 0 Å². The summed E-state index contributed by atoms with van der Waals surface area (Å²) in [6.07, 6.45) is 3.45. The Bertz CT molecular complexity index is 1110. The summed E-state index contributed by atoms with van der Waals surface area (Å²) >= 11 is 0. The Morgan fingerprint density at radius 1 is 0.625 bits per heavy atom. The van der Waals surface area contributed by atoms with Gasteiger partial charge in [0.15, 0.2) is 0 Å². The third kappa shape index (κ3) is 4.75. The minimum atomic E-state index is -3.56. The van der Waals surface area contributed by atoms with Gasteiger partial charge in [-0.05, 0) is 62.1 Å². The van der Waals surface area contributed by atoms with Gasteiger partial charge >= 0.3 is 0 Å². The maximum absolute atomic E-state index is 12.9. The lowest BCUT2D eigenvalue weighted by atomic mass is 10.3. The van der Waals surface area contributed by atoms with Gasteiger partial charge in [0.25, 0.3) is 0 Å². The van der Waals surface area contributed by atoms with E-state index < -0.39 is 20.0 Å². The molecule has 0 saturated carbocycles. The van der Waals surface area contributed by atoms with E-state index in [1.54, 1.807) is 24.3 Å². The fourth-order valence-corrected chi connectivity index (χ4v) is 9.24. The molecule has 0 atom stereocenters. The molecule has 2 aliphatic heterocycles. The maximum atomic E-state index is 12.9. The quantitative estimate of drug-likeness (QED) is 0.426. The number of benzene rings is 2. The van der Waals surface area contributed by atoms with Crippen molar-refractivity contribution in [3.63, 3.8) is 0 Å². The first kappa shape index (κ1) is 23.7. The fourth-order valence-electron chi connectivity index (χ4n) is 3.74. The van der Waals surface area contributed by atoms with E-state index in [4.69, 9.17) is 11.5 Å². The number of sulfonamides is 2. The van der Waals surface area contributed by atoms with Crippen LogP contribution in [0.5, 0.6) is 0 Å². The van der Waals surface area contributed by atoms with Gasteiger partial charge < -0.3 is 11.5 Å². The molecule has 0 spiro atoms. The highest BCUT2D eigenvalue weighted by molar-refractivity contribution is 8.76. The first-order valence-corrected chi connectivity index (χ1v) is 15.4. The van der Waals surface area contributed by atoms with Crippen molar-refractivity contribution in [1.82, 2.24) is 8.61 Å². The number of rotatable bonds is 7. The van der Waals surface area contributed by atoms with Crippen LogP contribution in [0, 0.1) is 0 Å². The smallest absolute Gasteiger partial charge is 0.243 e. The average Bonchev–Trinajstić information content (AvgIpc) is 3.48. The first-order valence-electron chi connectivity index (χ1n) is 10.3. The molecule has 4 rings (SSSR count). The second-order valence-corrected chi connectivity index (χ2v) is 13.9. The number of hydrogen-bond acceptors (Lipinski definition) is 8. The zero-order chi connectivity index (χ0) is 22.9. The van der Waals surface area contributed by atoms with Gasteiger partial charge in [-0.1, -0.05) is 21.6 Å². The van der Waals surface area contributed by atoms with Gasteiger partial charge in [0.1, 0.15) is 0 Å². The number of nitrogens with zero attached hydrogens (tertiary/aromatic N) is 2. The van der Waals surface area contributed by atoms with Crippen LogP contribution in [0.25, 0.3) is 0 Å². The Kier molecular flexibility index (Phi) is 6.99. The predicted octanol–water partition coefficient (Wildman–Crippen LogP) is 3.22. The summed E-state index contributed by atoms with van der Waals surface area (Å²) in [4.78, 5) is 1.58. The molecule has 32 heavy (non-hydrogen) atoms. The maximum Gasteiger partial charge on any atom is 0.243 e. The van der Waals surface area contributed by atoms with Crippen LogP contribution >= 0.6 is 21.6 Å². The van der Waals surface area contributed by atoms with Crippen LogP contribution in [0.3, 0.4) is 0 Å². The van der Waals surface area contributed by atoms with Crippen molar-refractivity contribution < 1.29 is 16.8 Å². The fraction of sp³-hybridized carbons (Fsp3) is 0.400. The van der Waals surface area contributed by atoms with Crippen LogP contribution in [-0.2, 0) is 20.0 Å². The van der Waals surface area contributed by atoms with Crippen LogP contribution in [0.1, 0.15) is 25.7 Å². The zero-order valence-corrected chi connectivity index (χ0v) is 20.7. The van der Waals surface area contributed by atoms with Gasteiger partial charge in [0.2, 0.25) is 20.0 Å². The molecular formula is C20H26N4O4S4. The largest absolute Gasteiger partial charge is 0.398 e. The monoisotopic (exact) mass is 514 g/mol. The van der Waals surface area contributed by atoms with Crippen molar-refractivity contribution in [2.75, 3.05) is 37.6 Å². The van der Waals surface area contributed by atoms with Crippen molar-refractivity contribution in [3.8, 4) is 0 Å². The number of nitrogens with two attached hydrogens (primary N) is 2. The second-order valence-electron chi connectivity index (χ2n) is 7.79. The molecule has 2 aromatic rings. The summed E-state index contributed by atoms with van der Waals surface area (Å²) in [5.74, 6) is 0. The van der Waals surface area contributed by atoms with Gasteiger partial charge in [-0.3, -0.25) is 0 Å². The van der Waals surface area contributed by atoms with Crippen molar-refractivity contribution in [1.29, 1.82) is 0 Å². The summed E-state index contributed by atoms with van der Waals surface area (Å²) in [5, 5.41) is 0. The van der Waals surface area contributed by atoms with Crippen LogP contribution in [-0.4, -0.2) is 51.6 Å². The Balaban J connectivity index is 1.56. The summed E-state index contributed by atoms with van der Waals surface area (Å²) in [7, 11) is -4.60. The topological polar surface area (TPSA) is 127 Å². The van der Waals surface area contributed by atoms with Crippen LogP contribution in [0.4, 0.5) is 11.4 Å². The van der Waals surface area contributed by atoms with Gasteiger partial charge in [0.05, 0.1) is 9.79 Å². The summed E-state index contributed by atoms with van der Waals surface area (Å²) < 4.78 is 54.5. The van der Waals surface area contributed by atoms with Crippen LogP contribution < -0.4 is 11.5 Å². The molecule has 0 radical (unpaired) electrons.